The van der Waals surface area contributed by atoms with Gasteiger partial charge in [0.25, 0.3) is 0 Å². The van der Waals surface area contributed by atoms with Crippen LogP contribution in [-0.4, -0.2) is 69.5 Å². The zero-order chi connectivity index (χ0) is 15.0. The zero-order valence-electron chi connectivity index (χ0n) is 13.0. The van der Waals surface area contributed by atoms with Gasteiger partial charge in [0.1, 0.15) is 0 Å². The summed E-state index contributed by atoms with van der Waals surface area (Å²) in [7, 11) is 3.41. The fourth-order valence-electron chi connectivity index (χ4n) is 3.03. The molecule has 3 N–H and O–H groups in total. The number of primary amides is 1. The first-order valence-electron chi connectivity index (χ1n) is 7.36. The van der Waals surface area contributed by atoms with Crippen LogP contribution < -0.4 is 11.1 Å². The summed E-state index contributed by atoms with van der Waals surface area (Å²) in [5.41, 5.74) is 5.07. The van der Waals surface area contributed by atoms with E-state index in [4.69, 9.17) is 15.2 Å². The van der Waals surface area contributed by atoms with Crippen molar-refractivity contribution in [2.75, 3.05) is 47.1 Å². The van der Waals surface area contributed by atoms with E-state index in [1.807, 2.05) is 6.92 Å². The predicted octanol–water partition coefficient (Wildman–Crippen LogP) is -0.0327. The van der Waals surface area contributed by atoms with Gasteiger partial charge in [-0.2, -0.15) is 0 Å². The van der Waals surface area contributed by atoms with E-state index < -0.39 is 5.54 Å². The maximum absolute atomic E-state index is 11.8. The summed E-state index contributed by atoms with van der Waals surface area (Å²) >= 11 is 0. The third kappa shape index (κ3) is 4.41. The lowest BCUT2D eigenvalue weighted by molar-refractivity contribution is -0.124. The topological polar surface area (TPSA) is 76.8 Å². The molecular weight excluding hydrogens is 258 g/mol. The van der Waals surface area contributed by atoms with E-state index in [2.05, 4.69) is 10.2 Å². The van der Waals surface area contributed by atoms with Gasteiger partial charge in [-0.15, -0.1) is 0 Å². The van der Waals surface area contributed by atoms with Crippen LogP contribution in [-0.2, 0) is 14.3 Å². The molecule has 1 aliphatic rings. The van der Waals surface area contributed by atoms with E-state index in [1.165, 1.54) is 0 Å². The molecule has 2 unspecified atom stereocenters. The van der Waals surface area contributed by atoms with Gasteiger partial charge in [-0.1, -0.05) is 6.92 Å². The number of ether oxygens (including phenoxy) is 2. The molecular formula is C14H29N3O3. The lowest BCUT2D eigenvalue weighted by atomic mass is 9.96. The molecule has 1 rings (SSSR count). The van der Waals surface area contributed by atoms with Crippen LogP contribution in [0.15, 0.2) is 0 Å². The Kier molecular flexibility index (Phi) is 7.43. The van der Waals surface area contributed by atoms with Gasteiger partial charge in [0.2, 0.25) is 5.91 Å². The Morgan fingerprint density at radius 2 is 1.95 bits per heavy atom. The highest BCUT2D eigenvalue weighted by Crippen LogP contribution is 2.33. The summed E-state index contributed by atoms with van der Waals surface area (Å²) < 4.78 is 10.3. The molecule has 1 saturated carbocycles. The number of carbonyl (C=O) groups excluding carboxylic acids is 1. The number of likely N-dealkylation sites (N-methyl/N-ethyl adjacent to an activating group) is 1. The van der Waals surface area contributed by atoms with E-state index in [1.54, 1.807) is 14.2 Å². The Labute approximate surface area is 122 Å². The lowest BCUT2D eigenvalue weighted by Crippen LogP contribution is -2.54. The van der Waals surface area contributed by atoms with Gasteiger partial charge >= 0.3 is 0 Å². The Hall–Kier alpha value is -0.690. The number of amides is 1. The van der Waals surface area contributed by atoms with Crippen molar-refractivity contribution < 1.29 is 14.3 Å². The molecule has 0 aliphatic heterocycles. The van der Waals surface area contributed by atoms with Crippen LogP contribution in [0.3, 0.4) is 0 Å². The molecule has 1 amide bonds. The molecule has 0 heterocycles. The quantitative estimate of drug-likeness (QED) is 0.590. The van der Waals surface area contributed by atoms with Gasteiger partial charge in [-0.25, -0.2) is 0 Å². The van der Waals surface area contributed by atoms with Crippen LogP contribution in [0.25, 0.3) is 0 Å². The lowest BCUT2D eigenvalue weighted by Gasteiger charge is -2.31. The van der Waals surface area contributed by atoms with Crippen molar-refractivity contribution in [1.82, 2.24) is 10.2 Å². The number of hydrogen-bond donors (Lipinski definition) is 2. The van der Waals surface area contributed by atoms with Crippen molar-refractivity contribution in [3.8, 4) is 0 Å². The highest BCUT2D eigenvalue weighted by atomic mass is 16.5. The molecule has 6 heteroatoms. The smallest absolute Gasteiger partial charge is 0.237 e. The highest BCUT2D eigenvalue weighted by Gasteiger charge is 2.44. The molecule has 20 heavy (non-hydrogen) atoms. The normalized spacial score (nSPS) is 26.3. The number of rotatable bonds is 10. The second kappa shape index (κ2) is 8.56. The van der Waals surface area contributed by atoms with Gasteiger partial charge in [0.15, 0.2) is 0 Å². The second-order valence-corrected chi connectivity index (χ2v) is 5.39. The summed E-state index contributed by atoms with van der Waals surface area (Å²) in [4.78, 5) is 14.1. The van der Waals surface area contributed by atoms with E-state index in [0.717, 1.165) is 38.9 Å². The fraction of sp³-hybridized carbons (Fsp3) is 0.929. The molecule has 0 aromatic heterocycles. The minimum absolute atomic E-state index is 0.236. The van der Waals surface area contributed by atoms with Crippen LogP contribution in [0.5, 0.6) is 0 Å². The standard InChI is InChI=1S/C14H29N3O3/c1-4-16-14(13(15)18)6-5-12(11-14)17(7-9-19-2)8-10-20-3/h12,16H,4-11H2,1-3H3,(H2,15,18). The average molecular weight is 287 g/mol. The Bertz CT molecular complexity index is 293. The molecule has 0 bridgehead atoms. The van der Waals surface area contributed by atoms with Gasteiger partial charge < -0.3 is 20.5 Å². The van der Waals surface area contributed by atoms with E-state index in [-0.39, 0.29) is 5.91 Å². The SMILES string of the molecule is CCNC1(C(N)=O)CCC(N(CCOC)CCOC)C1. The van der Waals surface area contributed by atoms with E-state index >= 15 is 0 Å². The van der Waals surface area contributed by atoms with Crippen LogP contribution in [0.4, 0.5) is 0 Å². The minimum atomic E-state index is -0.544. The van der Waals surface area contributed by atoms with Crippen molar-refractivity contribution in [3.63, 3.8) is 0 Å². The maximum atomic E-state index is 11.8. The van der Waals surface area contributed by atoms with Crippen LogP contribution in [0.2, 0.25) is 0 Å². The maximum Gasteiger partial charge on any atom is 0.237 e. The van der Waals surface area contributed by atoms with Crippen molar-refractivity contribution in [2.45, 2.75) is 37.8 Å². The third-order valence-electron chi connectivity index (χ3n) is 4.16. The van der Waals surface area contributed by atoms with Crippen LogP contribution in [0, 0.1) is 0 Å². The summed E-state index contributed by atoms with van der Waals surface area (Å²) in [6.45, 7) is 5.84. The highest BCUT2D eigenvalue weighted by molar-refractivity contribution is 5.85. The third-order valence-corrected chi connectivity index (χ3v) is 4.16. The van der Waals surface area contributed by atoms with Gasteiger partial charge in [0, 0.05) is 33.4 Å². The molecule has 1 fully saturated rings. The molecule has 118 valence electrons. The van der Waals surface area contributed by atoms with Gasteiger partial charge in [-0.05, 0) is 25.8 Å². The zero-order valence-corrected chi connectivity index (χ0v) is 13.0. The summed E-state index contributed by atoms with van der Waals surface area (Å²) in [5.74, 6) is -0.236. The summed E-state index contributed by atoms with van der Waals surface area (Å²) in [6.07, 6.45) is 2.55. The number of carbonyl (C=O) groups is 1. The Morgan fingerprint density at radius 3 is 2.40 bits per heavy atom. The van der Waals surface area contributed by atoms with Crippen LogP contribution >= 0.6 is 0 Å². The van der Waals surface area contributed by atoms with Crippen molar-refractivity contribution in [1.29, 1.82) is 0 Å². The van der Waals surface area contributed by atoms with Crippen molar-refractivity contribution in [2.24, 2.45) is 5.73 Å². The van der Waals surface area contributed by atoms with Gasteiger partial charge in [-0.3, -0.25) is 9.69 Å². The number of nitrogens with zero attached hydrogens (tertiary/aromatic N) is 1. The first kappa shape index (κ1) is 17.4. The molecule has 2 atom stereocenters. The molecule has 0 saturated heterocycles. The first-order valence-corrected chi connectivity index (χ1v) is 7.36. The predicted molar refractivity (Wildman–Crippen MR) is 78.6 cm³/mol. The number of nitrogens with one attached hydrogen (secondary N) is 1. The van der Waals surface area contributed by atoms with E-state index in [9.17, 15) is 4.79 Å². The molecule has 0 radical (unpaired) electrons. The number of nitrogens with two attached hydrogens (primary N) is 1. The summed E-state index contributed by atoms with van der Waals surface area (Å²) in [5, 5.41) is 3.29. The van der Waals surface area contributed by atoms with E-state index in [0.29, 0.717) is 19.3 Å². The second-order valence-electron chi connectivity index (χ2n) is 5.39. The molecule has 0 aromatic rings. The average Bonchev–Trinajstić information content (AvgIpc) is 2.85. The minimum Gasteiger partial charge on any atom is -0.383 e. The Balaban J connectivity index is 2.66. The van der Waals surface area contributed by atoms with Crippen molar-refractivity contribution >= 4 is 5.91 Å². The van der Waals surface area contributed by atoms with Gasteiger partial charge in [0.05, 0.1) is 18.8 Å². The molecule has 0 spiro atoms. The number of methoxy groups -OCH3 is 2. The monoisotopic (exact) mass is 287 g/mol. The fourth-order valence-corrected chi connectivity index (χ4v) is 3.03. The van der Waals surface area contributed by atoms with Crippen LogP contribution in [0.1, 0.15) is 26.2 Å². The number of hydrogen-bond acceptors (Lipinski definition) is 5. The largest absolute Gasteiger partial charge is 0.383 e. The molecule has 6 nitrogen and oxygen atoms in total. The first-order chi connectivity index (χ1) is 9.59. The molecule has 0 aromatic carbocycles. The molecule has 1 aliphatic carbocycles. The summed E-state index contributed by atoms with van der Waals surface area (Å²) in [6, 6.07) is 0.354. The van der Waals surface area contributed by atoms with Crippen molar-refractivity contribution in [3.05, 3.63) is 0 Å². The Morgan fingerprint density at radius 1 is 1.35 bits per heavy atom.